The van der Waals surface area contributed by atoms with Crippen molar-refractivity contribution in [2.24, 2.45) is 5.84 Å². The monoisotopic (exact) mass is 278 g/mol. The number of nitrogens with zero attached hydrogens (tertiary/aromatic N) is 2. The molecule has 1 heterocycles. The van der Waals surface area contributed by atoms with Crippen molar-refractivity contribution in [3.05, 3.63) is 48.8 Å². The summed E-state index contributed by atoms with van der Waals surface area (Å²) >= 11 is 0. The third-order valence-corrected chi connectivity index (χ3v) is 4.51. The van der Waals surface area contributed by atoms with Crippen molar-refractivity contribution in [2.45, 2.75) is 4.90 Å². The maximum Gasteiger partial charge on any atom is 0.264 e. The molecule has 2 aromatic rings. The summed E-state index contributed by atoms with van der Waals surface area (Å²) in [7, 11) is -2.08. The second-order valence-corrected chi connectivity index (χ2v) is 5.82. The summed E-state index contributed by atoms with van der Waals surface area (Å²) < 4.78 is 26.0. The first kappa shape index (κ1) is 13.3. The zero-order valence-corrected chi connectivity index (χ0v) is 11.1. The molecule has 1 aromatic heterocycles. The summed E-state index contributed by atoms with van der Waals surface area (Å²) in [6, 6.07) is 9.48. The number of benzene rings is 1. The number of rotatable bonds is 4. The van der Waals surface area contributed by atoms with E-state index in [1.807, 2.05) is 0 Å². The van der Waals surface area contributed by atoms with Gasteiger partial charge in [0.1, 0.15) is 0 Å². The van der Waals surface area contributed by atoms with Gasteiger partial charge in [-0.3, -0.25) is 15.1 Å². The lowest BCUT2D eigenvalue weighted by Gasteiger charge is -2.19. The summed E-state index contributed by atoms with van der Waals surface area (Å²) in [6.45, 7) is 0. The van der Waals surface area contributed by atoms with Crippen LogP contribution in [0, 0.1) is 0 Å². The number of nitrogen functional groups attached to an aromatic ring is 1. The van der Waals surface area contributed by atoms with Crippen LogP contribution >= 0.6 is 0 Å². The molecule has 0 radical (unpaired) electrons. The van der Waals surface area contributed by atoms with E-state index in [9.17, 15) is 8.42 Å². The highest BCUT2D eigenvalue weighted by Gasteiger charge is 2.20. The molecule has 0 aliphatic heterocycles. The Kier molecular flexibility index (Phi) is 3.68. The Labute approximate surface area is 111 Å². The van der Waals surface area contributed by atoms with E-state index < -0.39 is 10.0 Å². The summed E-state index contributed by atoms with van der Waals surface area (Å²) in [6.07, 6.45) is 3.09. The van der Waals surface area contributed by atoms with Gasteiger partial charge in [-0.2, -0.15) is 0 Å². The van der Waals surface area contributed by atoms with Crippen molar-refractivity contribution >= 4 is 21.4 Å². The van der Waals surface area contributed by atoms with Gasteiger partial charge in [0.25, 0.3) is 10.0 Å². The number of aromatic nitrogens is 1. The average Bonchev–Trinajstić information content (AvgIpc) is 2.47. The van der Waals surface area contributed by atoms with Gasteiger partial charge in [0.05, 0.1) is 10.6 Å². The van der Waals surface area contributed by atoms with E-state index in [0.29, 0.717) is 11.4 Å². The molecule has 0 fully saturated rings. The Balaban J connectivity index is 2.36. The molecule has 7 heteroatoms. The number of hydrazine groups is 1. The minimum atomic E-state index is -3.58. The first-order chi connectivity index (χ1) is 9.05. The van der Waals surface area contributed by atoms with Crippen LogP contribution in [-0.2, 0) is 10.0 Å². The Bertz CT molecular complexity index is 641. The molecule has 0 aliphatic carbocycles. The normalized spacial score (nSPS) is 11.1. The van der Waals surface area contributed by atoms with Gasteiger partial charge in [-0.25, -0.2) is 8.42 Å². The van der Waals surface area contributed by atoms with Crippen LogP contribution in [-0.4, -0.2) is 20.4 Å². The minimum absolute atomic E-state index is 0.200. The standard InChI is InChI=1S/C12H14N4O2S/c1-16(11-6-8-14-9-7-11)19(17,18)12-4-2-10(15-13)3-5-12/h2-9,15H,13H2,1H3. The molecule has 0 aliphatic rings. The number of hydrogen-bond acceptors (Lipinski definition) is 5. The number of anilines is 2. The van der Waals surface area contributed by atoms with Crippen molar-refractivity contribution in [1.82, 2.24) is 4.98 Å². The van der Waals surface area contributed by atoms with Crippen molar-refractivity contribution in [3.63, 3.8) is 0 Å². The van der Waals surface area contributed by atoms with Crippen molar-refractivity contribution in [1.29, 1.82) is 0 Å². The van der Waals surface area contributed by atoms with E-state index in [1.165, 1.54) is 23.5 Å². The largest absolute Gasteiger partial charge is 0.324 e. The number of sulfonamides is 1. The molecule has 0 bridgehead atoms. The van der Waals surface area contributed by atoms with Crippen LogP contribution in [0.1, 0.15) is 0 Å². The van der Waals surface area contributed by atoms with Crippen LogP contribution in [0.5, 0.6) is 0 Å². The molecule has 0 atom stereocenters. The smallest absolute Gasteiger partial charge is 0.264 e. The van der Waals surface area contributed by atoms with Crippen LogP contribution in [0.3, 0.4) is 0 Å². The Morgan fingerprint density at radius 3 is 2.21 bits per heavy atom. The van der Waals surface area contributed by atoms with Crippen molar-refractivity contribution < 1.29 is 8.42 Å². The predicted molar refractivity (Wildman–Crippen MR) is 74.1 cm³/mol. The molecule has 100 valence electrons. The van der Waals surface area contributed by atoms with E-state index >= 15 is 0 Å². The van der Waals surface area contributed by atoms with Crippen LogP contribution in [0.2, 0.25) is 0 Å². The van der Waals surface area contributed by atoms with E-state index in [4.69, 9.17) is 5.84 Å². The van der Waals surface area contributed by atoms with Gasteiger partial charge >= 0.3 is 0 Å². The average molecular weight is 278 g/mol. The number of pyridine rings is 1. The number of nitrogens with two attached hydrogens (primary N) is 1. The highest BCUT2D eigenvalue weighted by molar-refractivity contribution is 7.92. The lowest BCUT2D eigenvalue weighted by atomic mass is 10.3. The second kappa shape index (κ2) is 5.25. The highest BCUT2D eigenvalue weighted by Crippen LogP contribution is 2.22. The topological polar surface area (TPSA) is 88.3 Å². The minimum Gasteiger partial charge on any atom is -0.324 e. The van der Waals surface area contributed by atoms with E-state index in [1.54, 1.807) is 36.7 Å². The lowest BCUT2D eigenvalue weighted by Crippen LogP contribution is -2.26. The fourth-order valence-corrected chi connectivity index (χ4v) is 2.77. The molecule has 0 amide bonds. The van der Waals surface area contributed by atoms with Gasteiger partial charge in [0, 0.05) is 25.1 Å². The van der Waals surface area contributed by atoms with E-state index in [2.05, 4.69) is 10.4 Å². The van der Waals surface area contributed by atoms with Gasteiger partial charge in [-0.15, -0.1) is 0 Å². The molecule has 0 spiro atoms. The van der Waals surface area contributed by atoms with Gasteiger partial charge in [-0.1, -0.05) is 0 Å². The Morgan fingerprint density at radius 1 is 1.11 bits per heavy atom. The first-order valence-electron chi connectivity index (χ1n) is 5.51. The van der Waals surface area contributed by atoms with Crippen molar-refractivity contribution in [2.75, 3.05) is 16.8 Å². The molecule has 0 saturated heterocycles. The van der Waals surface area contributed by atoms with Crippen molar-refractivity contribution in [3.8, 4) is 0 Å². The molecule has 19 heavy (non-hydrogen) atoms. The van der Waals surface area contributed by atoms with Crippen LogP contribution in [0.15, 0.2) is 53.7 Å². The third-order valence-electron chi connectivity index (χ3n) is 2.71. The Hall–Kier alpha value is -2.12. The van der Waals surface area contributed by atoms with Crippen LogP contribution in [0.4, 0.5) is 11.4 Å². The quantitative estimate of drug-likeness (QED) is 0.648. The fourth-order valence-electron chi connectivity index (χ4n) is 1.57. The SMILES string of the molecule is CN(c1ccncc1)S(=O)(=O)c1ccc(NN)cc1. The van der Waals surface area contributed by atoms with Gasteiger partial charge in [-0.05, 0) is 36.4 Å². The summed E-state index contributed by atoms with van der Waals surface area (Å²) in [4.78, 5) is 4.06. The van der Waals surface area contributed by atoms with Crippen LogP contribution in [0.25, 0.3) is 0 Å². The molecule has 0 saturated carbocycles. The van der Waals surface area contributed by atoms with E-state index in [0.717, 1.165) is 0 Å². The highest BCUT2D eigenvalue weighted by atomic mass is 32.2. The van der Waals surface area contributed by atoms with Crippen LogP contribution < -0.4 is 15.6 Å². The van der Waals surface area contributed by atoms with Gasteiger partial charge in [0.15, 0.2) is 0 Å². The second-order valence-electron chi connectivity index (χ2n) is 3.85. The molecule has 0 unspecified atom stereocenters. The lowest BCUT2D eigenvalue weighted by molar-refractivity contribution is 0.594. The summed E-state index contributed by atoms with van der Waals surface area (Å²) in [5.74, 6) is 5.24. The maximum atomic E-state index is 12.4. The first-order valence-corrected chi connectivity index (χ1v) is 6.95. The summed E-state index contributed by atoms with van der Waals surface area (Å²) in [5, 5.41) is 0. The number of hydrogen-bond donors (Lipinski definition) is 2. The van der Waals surface area contributed by atoms with E-state index in [-0.39, 0.29) is 4.90 Å². The summed E-state index contributed by atoms with van der Waals surface area (Å²) in [5.41, 5.74) is 3.65. The molecule has 3 N–H and O–H groups in total. The maximum absolute atomic E-state index is 12.4. The predicted octanol–water partition coefficient (Wildman–Crippen LogP) is 1.19. The molecular weight excluding hydrogens is 264 g/mol. The molecule has 6 nitrogen and oxygen atoms in total. The van der Waals surface area contributed by atoms with Gasteiger partial charge < -0.3 is 5.43 Å². The Morgan fingerprint density at radius 2 is 1.68 bits per heavy atom. The number of nitrogens with one attached hydrogen (secondary N) is 1. The fraction of sp³-hybridized carbons (Fsp3) is 0.0833. The molecular formula is C12H14N4O2S. The molecule has 2 rings (SSSR count). The zero-order valence-electron chi connectivity index (χ0n) is 10.3. The third kappa shape index (κ3) is 2.67. The van der Waals surface area contributed by atoms with Gasteiger partial charge in [0.2, 0.25) is 0 Å². The molecule has 1 aromatic carbocycles. The zero-order chi connectivity index (χ0) is 13.9.